The maximum Gasteiger partial charge on any atom is 0.394 e. The summed E-state index contributed by atoms with van der Waals surface area (Å²) in [5, 5.41) is 8.69. The lowest BCUT2D eigenvalue weighted by Crippen LogP contribution is -2.18. The summed E-state index contributed by atoms with van der Waals surface area (Å²) in [4.78, 5) is 3.86. The maximum atomic E-state index is 8.69. The Labute approximate surface area is 76.3 Å². The lowest BCUT2D eigenvalue weighted by molar-refractivity contribution is 0.0705. The molecule has 1 heterocycles. The molecule has 1 rings (SSSR count). The van der Waals surface area contributed by atoms with E-state index in [1.165, 1.54) is 6.26 Å². The molecule has 5 nitrogen and oxygen atoms in total. The summed E-state index contributed by atoms with van der Waals surface area (Å²) in [6, 6.07) is 0. The third-order valence-electron chi connectivity index (χ3n) is 1.40. The van der Waals surface area contributed by atoms with Gasteiger partial charge in [-0.15, -0.1) is 0 Å². The summed E-state index contributed by atoms with van der Waals surface area (Å²) in [6.45, 7) is 2.16. The van der Waals surface area contributed by atoms with Gasteiger partial charge in [-0.2, -0.15) is 4.98 Å². The van der Waals surface area contributed by atoms with E-state index in [0.29, 0.717) is 12.3 Å². The fraction of sp³-hybridized carbons (Fsp3) is 0.625. The summed E-state index contributed by atoms with van der Waals surface area (Å²) in [7, 11) is 1.59. The Morgan fingerprint density at radius 2 is 2.46 bits per heavy atom. The van der Waals surface area contributed by atoms with E-state index in [0.717, 1.165) is 0 Å². The van der Waals surface area contributed by atoms with Crippen LogP contribution in [-0.2, 0) is 11.3 Å². The summed E-state index contributed by atoms with van der Waals surface area (Å²) >= 11 is 0. The molecule has 1 N–H and O–H groups in total. The highest BCUT2D eigenvalue weighted by atomic mass is 16.6. The van der Waals surface area contributed by atoms with Crippen molar-refractivity contribution in [3.05, 3.63) is 12.0 Å². The first-order valence-corrected chi connectivity index (χ1v) is 3.97. The molecule has 0 saturated carbocycles. The van der Waals surface area contributed by atoms with E-state index in [9.17, 15) is 0 Å². The van der Waals surface area contributed by atoms with E-state index in [4.69, 9.17) is 19.0 Å². The molecular weight excluding hydrogens is 174 g/mol. The second-order valence-electron chi connectivity index (χ2n) is 2.65. The molecule has 13 heavy (non-hydrogen) atoms. The van der Waals surface area contributed by atoms with Crippen LogP contribution in [0.25, 0.3) is 0 Å². The van der Waals surface area contributed by atoms with Crippen LogP contribution in [0.2, 0.25) is 0 Å². The van der Waals surface area contributed by atoms with Crippen molar-refractivity contribution in [1.29, 1.82) is 0 Å². The maximum absolute atomic E-state index is 8.69. The fourth-order valence-corrected chi connectivity index (χ4v) is 0.856. The van der Waals surface area contributed by atoms with Crippen molar-refractivity contribution in [2.75, 3.05) is 13.7 Å². The van der Waals surface area contributed by atoms with Gasteiger partial charge in [-0.25, -0.2) is 0 Å². The van der Waals surface area contributed by atoms with Crippen molar-refractivity contribution in [1.82, 2.24) is 4.98 Å². The van der Waals surface area contributed by atoms with E-state index in [1.54, 1.807) is 7.11 Å². The molecule has 5 heteroatoms. The second-order valence-corrected chi connectivity index (χ2v) is 2.65. The number of methoxy groups -OCH3 is 1. The topological polar surface area (TPSA) is 64.7 Å². The zero-order valence-corrected chi connectivity index (χ0v) is 7.69. The summed E-state index contributed by atoms with van der Waals surface area (Å²) in [5.74, 6) is 0. The number of rotatable bonds is 5. The Balaban J connectivity index is 2.44. The van der Waals surface area contributed by atoms with Crippen LogP contribution in [0.3, 0.4) is 0 Å². The van der Waals surface area contributed by atoms with E-state index in [1.807, 2.05) is 6.92 Å². The molecule has 1 unspecified atom stereocenters. The van der Waals surface area contributed by atoms with Crippen LogP contribution in [0, 0.1) is 0 Å². The van der Waals surface area contributed by atoms with Crippen molar-refractivity contribution in [2.45, 2.75) is 19.6 Å². The smallest absolute Gasteiger partial charge is 0.394 e. The van der Waals surface area contributed by atoms with E-state index < -0.39 is 0 Å². The monoisotopic (exact) mass is 187 g/mol. The van der Waals surface area contributed by atoms with Gasteiger partial charge in [-0.05, 0) is 6.92 Å². The number of aromatic nitrogens is 1. The summed E-state index contributed by atoms with van der Waals surface area (Å²) in [6.07, 6.45) is 1.40. The van der Waals surface area contributed by atoms with Crippen LogP contribution in [0.4, 0.5) is 0 Å². The van der Waals surface area contributed by atoms with Gasteiger partial charge in [0, 0.05) is 7.11 Å². The largest absolute Gasteiger partial charge is 0.445 e. The molecule has 0 amide bonds. The third-order valence-corrected chi connectivity index (χ3v) is 1.40. The third kappa shape index (κ3) is 3.04. The minimum absolute atomic E-state index is 0.116. The van der Waals surface area contributed by atoms with E-state index in [-0.39, 0.29) is 18.8 Å². The molecule has 1 atom stereocenters. The molecule has 0 radical (unpaired) electrons. The Kier molecular flexibility index (Phi) is 3.72. The first-order chi connectivity index (χ1) is 6.26. The van der Waals surface area contributed by atoms with Gasteiger partial charge in [-0.1, -0.05) is 0 Å². The Bertz CT molecular complexity index is 248. The lowest BCUT2D eigenvalue weighted by Gasteiger charge is -2.08. The fourth-order valence-electron chi connectivity index (χ4n) is 0.856. The number of oxazole rings is 1. The Hall–Kier alpha value is -1.07. The highest BCUT2D eigenvalue weighted by Gasteiger charge is 2.08. The first-order valence-electron chi connectivity index (χ1n) is 3.97. The molecule has 0 aliphatic carbocycles. The van der Waals surface area contributed by atoms with Crippen LogP contribution in [0.1, 0.15) is 12.6 Å². The predicted molar refractivity (Wildman–Crippen MR) is 44.4 cm³/mol. The summed E-state index contributed by atoms with van der Waals surface area (Å²) in [5.41, 5.74) is 0.458. The van der Waals surface area contributed by atoms with Gasteiger partial charge in [0.25, 0.3) is 0 Å². The van der Waals surface area contributed by atoms with Crippen molar-refractivity contribution in [3.8, 4) is 6.08 Å². The van der Waals surface area contributed by atoms with E-state index in [2.05, 4.69) is 4.98 Å². The normalized spacial score (nSPS) is 12.8. The number of aliphatic hydroxyl groups is 1. The minimum atomic E-state index is -0.147. The number of aliphatic hydroxyl groups excluding tert-OH is 1. The number of hydrogen-bond donors (Lipinski definition) is 1. The molecule has 0 saturated heterocycles. The molecule has 0 fully saturated rings. The van der Waals surface area contributed by atoms with Crippen molar-refractivity contribution < 1.29 is 19.0 Å². The molecule has 0 spiro atoms. The highest BCUT2D eigenvalue weighted by Crippen LogP contribution is 2.11. The van der Waals surface area contributed by atoms with Crippen molar-refractivity contribution in [3.63, 3.8) is 0 Å². The SMILES string of the molecule is COCC(C)Oc1nc(CO)co1. The minimum Gasteiger partial charge on any atom is -0.445 e. The van der Waals surface area contributed by atoms with Gasteiger partial charge >= 0.3 is 6.08 Å². The van der Waals surface area contributed by atoms with Gasteiger partial charge in [0.2, 0.25) is 0 Å². The molecule has 1 aromatic heterocycles. The predicted octanol–water partition coefficient (Wildman–Crippen LogP) is 0.581. The van der Waals surface area contributed by atoms with Crippen molar-refractivity contribution in [2.24, 2.45) is 0 Å². The quantitative estimate of drug-likeness (QED) is 0.730. The van der Waals surface area contributed by atoms with Crippen LogP contribution >= 0.6 is 0 Å². The lowest BCUT2D eigenvalue weighted by atomic mass is 10.4. The van der Waals surface area contributed by atoms with Gasteiger partial charge in [0.05, 0.1) is 13.2 Å². The molecule has 0 aliphatic rings. The molecule has 74 valence electrons. The van der Waals surface area contributed by atoms with Crippen LogP contribution in [0.15, 0.2) is 10.7 Å². The van der Waals surface area contributed by atoms with Crippen molar-refractivity contribution >= 4 is 0 Å². The van der Waals surface area contributed by atoms with Gasteiger partial charge in [0.15, 0.2) is 0 Å². The number of hydrogen-bond acceptors (Lipinski definition) is 5. The van der Waals surface area contributed by atoms with Gasteiger partial charge in [-0.3, -0.25) is 0 Å². The van der Waals surface area contributed by atoms with Crippen LogP contribution in [-0.4, -0.2) is 29.9 Å². The van der Waals surface area contributed by atoms with Gasteiger partial charge in [0.1, 0.15) is 18.1 Å². The highest BCUT2D eigenvalue weighted by molar-refractivity contribution is 4.98. The summed E-state index contributed by atoms with van der Waals surface area (Å²) < 4.78 is 15.0. The molecule has 0 aliphatic heterocycles. The first kappa shape index (κ1) is 10.0. The van der Waals surface area contributed by atoms with Crippen LogP contribution < -0.4 is 4.74 Å². The number of nitrogens with zero attached hydrogens (tertiary/aromatic N) is 1. The number of ether oxygens (including phenoxy) is 2. The van der Waals surface area contributed by atoms with Crippen LogP contribution in [0.5, 0.6) is 6.08 Å². The zero-order chi connectivity index (χ0) is 9.68. The molecule has 0 aromatic carbocycles. The second kappa shape index (κ2) is 4.84. The standard InChI is InChI=1S/C8H13NO4/c1-6(4-11-2)13-8-9-7(3-10)5-12-8/h5-6,10H,3-4H2,1-2H3. The zero-order valence-electron chi connectivity index (χ0n) is 7.69. The molecular formula is C8H13NO4. The Morgan fingerprint density at radius 3 is 3.00 bits per heavy atom. The molecule has 1 aromatic rings. The molecule has 0 bridgehead atoms. The average Bonchev–Trinajstić information content (AvgIpc) is 2.52. The van der Waals surface area contributed by atoms with E-state index >= 15 is 0 Å². The average molecular weight is 187 g/mol. The van der Waals surface area contributed by atoms with Gasteiger partial charge < -0.3 is 19.0 Å². The Morgan fingerprint density at radius 1 is 1.69 bits per heavy atom.